The van der Waals surface area contributed by atoms with E-state index < -0.39 is 0 Å². The molecule has 1 fully saturated rings. The Kier molecular flexibility index (Phi) is 5.31. The molecule has 7 nitrogen and oxygen atoms in total. The molecule has 1 aliphatic rings. The van der Waals surface area contributed by atoms with Crippen LogP contribution in [-0.4, -0.2) is 34.1 Å². The summed E-state index contributed by atoms with van der Waals surface area (Å²) in [6, 6.07) is 17.0. The number of rotatable bonds is 5. The minimum absolute atomic E-state index is 0.186. The maximum Gasteiger partial charge on any atom is 0.251 e. The summed E-state index contributed by atoms with van der Waals surface area (Å²) >= 11 is 0. The quantitative estimate of drug-likeness (QED) is 0.528. The molecule has 0 aliphatic carbocycles. The highest BCUT2D eigenvalue weighted by Gasteiger charge is 2.15. The molecular weight excluding hydrogens is 390 g/mol. The van der Waals surface area contributed by atoms with Gasteiger partial charge in [-0.3, -0.25) is 4.79 Å². The second kappa shape index (κ2) is 8.55. The Morgan fingerprint density at radius 2 is 1.87 bits per heavy atom. The van der Waals surface area contributed by atoms with E-state index in [1.165, 1.54) is 19.3 Å². The molecule has 31 heavy (non-hydrogen) atoms. The van der Waals surface area contributed by atoms with Crippen LogP contribution in [0.5, 0.6) is 0 Å². The number of benzene rings is 2. The molecule has 156 valence electrons. The SMILES string of the molecule is O=C(NCc1nccc(N2CCCCC2)n1)c1ccc2noc(-c3ccccc3)c2c1. The highest BCUT2D eigenvalue weighted by molar-refractivity contribution is 6.00. The Labute approximate surface area is 180 Å². The first-order chi connectivity index (χ1) is 15.3. The molecule has 3 heterocycles. The molecule has 0 bridgehead atoms. The van der Waals surface area contributed by atoms with Crippen LogP contribution in [0, 0.1) is 0 Å². The summed E-state index contributed by atoms with van der Waals surface area (Å²) in [7, 11) is 0. The zero-order valence-electron chi connectivity index (χ0n) is 17.1. The topological polar surface area (TPSA) is 84.2 Å². The fourth-order valence-electron chi connectivity index (χ4n) is 3.91. The average molecular weight is 413 g/mol. The highest BCUT2D eigenvalue weighted by Crippen LogP contribution is 2.29. The van der Waals surface area contributed by atoms with Crippen LogP contribution in [0.15, 0.2) is 65.3 Å². The van der Waals surface area contributed by atoms with Crippen LogP contribution in [0.3, 0.4) is 0 Å². The van der Waals surface area contributed by atoms with E-state index in [4.69, 9.17) is 4.52 Å². The lowest BCUT2D eigenvalue weighted by molar-refractivity contribution is 0.0950. The van der Waals surface area contributed by atoms with Crippen molar-refractivity contribution in [3.8, 4) is 11.3 Å². The highest BCUT2D eigenvalue weighted by atomic mass is 16.5. The summed E-state index contributed by atoms with van der Waals surface area (Å²) in [5.41, 5.74) is 2.18. The largest absolute Gasteiger partial charge is 0.357 e. The number of carbonyl (C=O) groups is 1. The Bertz CT molecular complexity index is 1200. The summed E-state index contributed by atoms with van der Waals surface area (Å²) in [6.07, 6.45) is 5.40. The summed E-state index contributed by atoms with van der Waals surface area (Å²) in [4.78, 5) is 24.0. The van der Waals surface area contributed by atoms with Crippen molar-refractivity contribution in [1.82, 2.24) is 20.4 Å². The van der Waals surface area contributed by atoms with E-state index >= 15 is 0 Å². The Morgan fingerprint density at radius 3 is 2.71 bits per heavy atom. The van der Waals surface area contributed by atoms with Crippen molar-refractivity contribution in [2.75, 3.05) is 18.0 Å². The monoisotopic (exact) mass is 413 g/mol. The van der Waals surface area contributed by atoms with Gasteiger partial charge in [0.25, 0.3) is 5.91 Å². The first kappa shape index (κ1) is 19.2. The number of anilines is 1. The summed E-state index contributed by atoms with van der Waals surface area (Å²) in [5, 5.41) is 7.85. The number of fused-ring (bicyclic) bond motifs is 1. The molecule has 2 aromatic heterocycles. The van der Waals surface area contributed by atoms with Gasteiger partial charge in [0.05, 0.1) is 11.9 Å². The number of amides is 1. The van der Waals surface area contributed by atoms with E-state index in [2.05, 4.69) is 25.3 Å². The van der Waals surface area contributed by atoms with Crippen molar-refractivity contribution in [2.24, 2.45) is 0 Å². The second-order valence-corrected chi connectivity index (χ2v) is 7.67. The van der Waals surface area contributed by atoms with Crippen LogP contribution in [-0.2, 0) is 6.54 Å². The van der Waals surface area contributed by atoms with Crippen molar-refractivity contribution in [3.05, 3.63) is 72.2 Å². The van der Waals surface area contributed by atoms with E-state index in [-0.39, 0.29) is 12.5 Å². The van der Waals surface area contributed by atoms with Crippen molar-refractivity contribution >= 4 is 22.6 Å². The van der Waals surface area contributed by atoms with Gasteiger partial charge in [0.15, 0.2) is 5.76 Å². The van der Waals surface area contributed by atoms with Gasteiger partial charge in [-0.15, -0.1) is 0 Å². The number of carbonyl (C=O) groups excluding carboxylic acids is 1. The van der Waals surface area contributed by atoms with E-state index in [1.807, 2.05) is 42.5 Å². The number of nitrogens with zero attached hydrogens (tertiary/aromatic N) is 4. The van der Waals surface area contributed by atoms with Gasteiger partial charge >= 0.3 is 0 Å². The molecule has 1 amide bonds. The third kappa shape index (κ3) is 4.12. The maximum atomic E-state index is 12.8. The van der Waals surface area contributed by atoms with Gasteiger partial charge < -0.3 is 14.7 Å². The molecule has 0 saturated carbocycles. The molecule has 1 saturated heterocycles. The number of hydrogen-bond donors (Lipinski definition) is 1. The first-order valence-corrected chi connectivity index (χ1v) is 10.6. The lowest BCUT2D eigenvalue weighted by atomic mass is 10.1. The number of aromatic nitrogens is 3. The van der Waals surface area contributed by atoms with Crippen molar-refractivity contribution in [3.63, 3.8) is 0 Å². The predicted octanol–water partition coefficient (Wildman–Crippen LogP) is 4.21. The third-order valence-corrected chi connectivity index (χ3v) is 5.55. The first-order valence-electron chi connectivity index (χ1n) is 10.6. The van der Waals surface area contributed by atoms with Crippen LogP contribution in [0.25, 0.3) is 22.2 Å². The van der Waals surface area contributed by atoms with Crippen molar-refractivity contribution in [1.29, 1.82) is 0 Å². The van der Waals surface area contributed by atoms with Crippen LogP contribution >= 0.6 is 0 Å². The number of hydrogen-bond acceptors (Lipinski definition) is 6. The molecule has 1 aliphatic heterocycles. The molecule has 0 unspecified atom stereocenters. The fourth-order valence-corrected chi connectivity index (χ4v) is 3.91. The van der Waals surface area contributed by atoms with Gasteiger partial charge in [0, 0.05) is 30.4 Å². The predicted molar refractivity (Wildman–Crippen MR) is 119 cm³/mol. The lowest BCUT2D eigenvalue weighted by Gasteiger charge is -2.27. The maximum absolute atomic E-state index is 12.8. The van der Waals surface area contributed by atoms with Gasteiger partial charge in [0.1, 0.15) is 17.2 Å². The molecule has 7 heteroatoms. The number of nitrogens with one attached hydrogen (secondary N) is 1. The normalized spacial score (nSPS) is 14.0. The molecule has 0 atom stereocenters. The molecule has 5 rings (SSSR count). The van der Waals surface area contributed by atoms with Gasteiger partial charge in [0.2, 0.25) is 0 Å². The standard InChI is InChI=1S/C24H23N5O2/c30-24(26-16-21-25-12-11-22(27-21)29-13-5-2-6-14-29)18-9-10-20-19(15-18)23(31-28-20)17-7-3-1-4-8-17/h1,3-4,7-12,15H,2,5-6,13-14,16H2,(H,26,30). The summed E-state index contributed by atoms with van der Waals surface area (Å²) < 4.78 is 5.53. The van der Waals surface area contributed by atoms with E-state index in [0.717, 1.165) is 29.9 Å². The van der Waals surface area contributed by atoms with Gasteiger partial charge in [-0.1, -0.05) is 35.5 Å². The zero-order valence-corrected chi connectivity index (χ0v) is 17.1. The van der Waals surface area contributed by atoms with Crippen molar-refractivity contribution in [2.45, 2.75) is 25.8 Å². The smallest absolute Gasteiger partial charge is 0.251 e. The Balaban J connectivity index is 1.32. The zero-order chi connectivity index (χ0) is 21.0. The van der Waals surface area contributed by atoms with Crippen LogP contribution in [0.4, 0.5) is 5.82 Å². The molecule has 2 aromatic carbocycles. The molecular formula is C24H23N5O2. The van der Waals surface area contributed by atoms with E-state index in [9.17, 15) is 4.79 Å². The summed E-state index contributed by atoms with van der Waals surface area (Å²) in [5.74, 6) is 2.00. The van der Waals surface area contributed by atoms with Crippen LogP contribution in [0.2, 0.25) is 0 Å². The fraction of sp³-hybridized carbons (Fsp3) is 0.250. The number of piperidine rings is 1. The Hall–Kier alpha value is -3.74. The molecule has 4 aromatic rings. The van der Waals surface area contributed by atoms with Crippen LogP contribution in [0.1, 0.15) is 35.4 Å². The molecule has 0 spiro atoms. The second-order valence-electron chi connectivity index (χ2n) is 7.67. The van der Waals surface area contributed by atoms with Gasteiger partial charge in [-0.25, -0.2) is 9.97 Å². The summed E-state index contributed by atoms with van der Waals surface area (Å²) in [6.45, 7) is 2.31. The van der Waals surface area contributed by atoms with Crippen LogP contribution < -0.4 is 10.2 Å². The minimum Gasteiger partial charge on any atom is -0.357 e. The molecule has 0 radical (unpaired) electrons. The Morgan fingerprint density at radius 1 is 1.03 bits per heavy atom. The lowest BCUT2D eigenvalue weighted by Crippen LogP contribution is -2.31. The third-order valence-electron chi connectivity index (χ3n) is 5.55. The van der Waals surface area contributed by atoms with Gasteiger partial charge in [-0.2, -0.15) is 0 Å². The molecule has 1 N–H and O–H groups in total. The average Bonchev–Trinajstić information content (AvgIpc) is 3.27. The minimum atomic E-state index is -0.186. The van der Waals surface area contributed by atoms with E-state index in [1.54, 1.807) is 18.3 Å². The van der Waals surface area contributed by atoms with Gasteiger partial charge in [-0.05, 0) is 43.5 Å². The van der Waals surface area contributed by atoms with Crippen molar-refractivity contribution < 1.29 is 9.32 Å². The van der Waals surface area contributed by atoms with E-state index in [0.29, 0.717) is 22.7 Å².